The molecule has 0 unspecified atom stereocenters. The van der Waals surface area contributed by atoms with Gasteiger partial charge in [-0.15, -0.1) is 0 Å². The molecule has 0 saturated heterocycles. The van der Waals surface area contributed by atoms with E-state index in [-0.39, 0.29) is 0 Å². The highest BCUT2D eigenvalue weighted by Gasteiger charge is 2.10. The summed E-state index contributed by atoms with van der Waals surface area (Å²) in [6, 6.07) is 6.59. The third-order valence-corrected chi connectivity index (χ3v) is 3.16. The van der Waals surface area contributed by atoms with Gasteiger partial charge in [-0.25, -0.2) is 0 Å². The van der Waals surface area contributed by atoms with E-state index < -0.39 is 0 Å². The summed E-state index contributed by atoms with van der Waals surface area (Å²) in [7, 11) is 0. The van der Waals surface area contributed by atoms with Crippen molar-refractivity contribution in [2.75, 3.05) is 0 Å². The van der Waals surface area contributed by atoms with Crippen LogP contribution in [0.3, 0.4) is 0 Å². The maximum absolute atomic E-state index is 5.82. The maximum Gasteiger partial charge on any atom is 0.134 e. The molecule has 2 nitrogen and oxygen atoms in total. The monoisotopic (exact) mass is 281 g/mol. The van der Waals surface area contributed by atoms with E-state index in [1.165, 1.54) is 10.9 Å². The summed E-state index contributed by atoms with van der Waals surface area (Å²) in [6.45, 7) is 7.16. The molecule has 0 amide bonds. The van der Waals surface area contributed by atoms with Crippen LogP contribution in [0.4, 0.5) is 0 Å². The zero-order chi connectivity index (χ0) is 11.7. The van der Waals surface area contributed by atoms with Gasteiger partial charge in [-0.05, 0) is 30.7 Å². The highest BCUT2D eigenvalue weighted by molar-refractivity contribution is 9.10. The second-order valence-corrected chi connectivity index (χ2v) is 5.24. The molecule has 0 atom stereocenters. The average Bonchev–Trinajstić information content (AvgIpc) is 2.53. The van der Waals surface area contributed by atoms with E-state index in [9.17, 15) is 0 Å². The van der Waals surface area contributed by atoms with Gasteiger partial charge in [0.25, 0.3) is 0 Å². The summed E-state index contributed by atoms with van der Waals surface area (Å²) < 4.78 is 6.91. The van der Waals surface area contributed by atoms with Gasteiger partial charge >= 0.3 is 0 Å². The third kappa shape index (κ3) is 2.30. The maximum atomic E-state index is 5.82. The van der Waals surface area contributed by atoms with Gasteiger partial charge in [0.05, 0.1) is 6.54 Å². The second-order valence-electron chi connectivity index (χ2n) is 4.33. The van der Waals surface area contributed by atoms with Crippen LogP contribution in [-0.2, 0) is 6.54 Å². The Balaban J connectivity index is 2.36. The first-order chi connectivity index (χ1) is 7.58. The number of fused-ring (bicyclic) bond motifs is 1. The molecule has 0 radical (unpaired) electrons. The molecule has 1 aromatic carbocycles. The first kappa shape index (κ1) is 11.7. The molecule has 2 rings (SSSR count). The topological polar surface area (TPSA) is 25.2 Å². The molecule has 0 aliphatic heterocycles. The number of aryl methyl sites for hydroxylation is 1. The molecule has 0 aliphatic carbocycles. The molecular formula is C13H16BrNO. The number of furan rings is 1. The predicted octanol–water partition coefficient (Wildman–Crippen LogP) is 4.00. The van der Waals surface area contributed by atoms with E-state index in [2.05, 4.69) is 48.1 Å². The van der Waals surface area contributed by atoms with E-state index in [0.717, 1.165) is 22.4 Å². The van der Waals surface area contributed by atoms with Crippen molar-refractivity contribution < 1.29 is 4.42 Å². The highest BCUT2D eigenvalue weighted by Crippen LogP contribution is 2.27. The normalized spacial score (nSPS) is 11.6. The predicted molar refractivity (Wildman–Crippen MR) is 70.6 cm³/mol. The summed E-state index contributed by atoms with van der Waals surface area (Å²) in [4.78, 5) is 0. The SMILES string of the molecule is Cc1c(CNC(C)C)oc2ccc(Br)cc12. The van der Waals surface area contributed by atoms with Gasteiger partial charge < -0.3 is 9.73 Å². The van der Waals surface area contributed by atoms with Gasteiger partial charge in [0.1, 0.15) is 11.3 Å². The van der Waals surface area contributed by atoms with E-state index in [1.807, 2.05) is 12.1 Å². The first-order valence-electron chi connectivity index (χ1n) is 5.49. The van der Waals surface area contributed by atoms with Gasteiger partial charge in [0.15, 0.2) is 0 Å². The smallest absolute Gasteiger partial charge is 0.134 e. The van der Waals surface area contributed by atoms with E-state index in [1.54, 1.807) is 0 Å². The molecule has 1 aromatic heterocycles. The van der Waals surface area contributed by atoms with Crippen LogP contribution in [0.5, 0.6) is 0 Å². The number of rotatable bonds is 3. The van der Waals surface area contributed by atoms with Crippen molar-refractivity contribution in [3.63, 3.8) is 0 Å². The molecule has 3 heteroatoms. The number of hydrogen-bond donors (Lipinski definition) is 1. The molecule has 0 fully saturated rings. The summed E-state index contributed by atoms with van der Waals surface area (Å²) in [5, 5.41) is 4.56. The van der Waals surface area contributed by atoms with Crippen molar-refractivity contribution in [2.24, 2.45) is 0 Å². The summed E-state index contributed by atoms with van der Waals surface area (Å²) >= 11 is 3.48. The van der Waals surface area contributed by atoms with Gasteiger partial charge in [0, 0.05) is 15.9 Å². The highest BCUT2D eigenvalue weighted by atomic mass is 79.9. The largest absolute Gasteiger partial charge is 0.459 e. The molecule has 1 N–H and O–H groups in total. The zero-order valence-corrected chi connectivity index (χ0v) is 11.4. The minimum Gasteiger partial charge on any atom is -0.459 e. The molecule has 86 valence electrons. The van der Waals surface area contributed by atoms with Crippen LogP contribution in [0.2, 0.25) is 0 Å². The molecule has 16 heavy (non-hydrogen) atoms. The van der Waals surface area contributed by atoms with E-state index in [0.29, 0.717) is 6.04 Å². The Morgan fingerprint density at radius 3 is 2.81 bits per heavy atom. The number of halogens is 1. The Morgan fingerprint density at radius 1 is 1.38 bits per heavy atom. The number of benzene rings is 1. The van der Waals surface area contributed by atoms with Crippen LogP contribution in [0.1, 0.15) is 25.2 Å². The summed E-state index contributed by atoms with van der Waals surface area (Å²) in [5.74, 6) is 1.03. The van der Waals surface area contributed by atoms with E-state index in [4.69, 9.17) is 4.42 Å². The Kier molecular flexibility index (Phi) is 3.36. The van der Waals surface area contributed by atoms with Crippen LogP contribution in [0.15, 0.2) is 27.1 Å². The molecule has 0 aliphatic rings. The zero-order valence-electron chi connectivity index (χ0n) is 9.80. The van der Waals surface area contributed by atoms with Crippen molar-refractivity contribution in [3.05, 3.63) is 34.0 Å². The van der Waals surface area contributed by atoms with Crippen LogP contribution in [-0.4, -0.2) is 6.04 Å². The lowest BCUT2D eigenvalue weighted by molar-refractivity contribution is 0.485. The van der Waals surface area contributed by atoms with Crippen LogP contribution in [0, 0.1) is 6.92 Å². The van der Waals surface area contributed by atoms with Crippen LogP contribution >= 0.6 is 15.9 Å². The molecule has 0 spiro atoms. The van der Waals surface area contributed by atoms with Gasteiger partial charge in [-0.3, -0.25) is 0 Å². The minimum absolute atomic E-state index is 0.472. The lowest BCUT2D eigenvalue weighted by Crippen LogP contribution is -2.21. The van der Waals surface area contributed by atoms with Crippen molar-refractivity contribution in [1.82, 2.24) is 5.32 Å². The Bertz CT molecular complexity index is 502. The lowest BCUT2D eigenvalue weighted by atomic mass is 10.1. The Morgan fingerprint density at radius 2 is 2.12 bits per heavy atom. The van der Waals surface area contributed by atoms with Crippen molar-refractivity contribution >= 4 is 26.9 Å². The molecule has 0 bridgehead atoms. The second kappa shape index (κ2) is 4.60. The van der Waals surface area contributed by atoms with E-state index >= 15 is 0 Å². The van der Waals surface area contributed by atoms with Gasteiger partial charge in [0.2, 0.25) is 0 Å². The summed E-state index contributed by atoms with van der Waals surface area (Å²) in [6.07, 6.45) is 0. The number of hydrogen-bond acceptors (Lipinski definition) is 2. The average molecular weight is 282 g/mol. The fraction of sp³-hybridized carbons (Fsp3) is 0.385. The molecular weight excluding hydrogens is 266 g/mol. The molecule has 1 heterocycles. The fourth-order valence-electron chi connectivity index (χ4n) is 1.71. The Labute approximate surface area is 104 Å². The summed E-state index contributed by atoms with van der Waals surface area (Å²) in [5.41, 5.74) is 2.19. The van der Waals surface area contributed by atoms with Gasteiger partial charge in [-0.1, -0.05) is 29.8 Å². The first-order valence-corrected chi connectivity index (χ1v) is 6.28. The fourth-order valence-corrected chi connectivity index (χ4v) is 2.07. The third-order valence-electron chi connectivity index (χ3n) is 2.67. The minimum atomic E-state index is 0.472. The quantitative estimate of drug-likeness (QED) is 0.920. The molecule has 2 aromatic rings. The standard InChI is InChI=1S/C13H16BrNO/c1-8(2)15-7-13-9(3)11-6-10(14)4-5-12(11)16-13/h4-6,8,15H,7H2,1-3H3. The van der Waals surface area contributed by atoms with Gasteiger partial charge in [-0.2, -0.15) is 0 Å². The van der Waals surface area contributed by atoms with Crippen molar-refractivity contribution in [1.29, 1.82) is 0 Å². The van der Waals surface area contributed by atoms with Crippen molar-refractivity contribution in [3.8, 4) is 0 Å². The van der Waals surface area contributed by atoms with Crippen molar-refractivity contribution in [2.45, 2.75) is 33.4 Å². The molecule has 0 saturated carbocycles. The Hall–Kier alpha value is -0.800. The lowest BCUT2D eigenvalue weighted by Gasteiger charge is -2.05. The van der Waals surface area contributed by atoms with Crippen LogP contribution < -0.4 is 5.32 Å². The van der Waals surface area contributed by atoms with Crippen LogP contribution in [0.25, 0.3) is 11.0 Å². The number of nitrogens with one attached hydrogen (secondary N) is 1.